The quantitative estimate of drug-likeness (QED) is 0.721. The van der Waals surface area contributed by atoms with Gasteiger partial charge in [0.1, 0.15) is 0 Å². The van der Waals surface area contributed by atoms with Crippen molar-refractivity contribution in [2.75, 3.05) is 32.8 Å². The smallest absolute Gasteiger partial charge is 0.0434 e. The summed E-state index contributed by atoms with van der Waals surface area (Å²) in [6.45, 7) is 9.15. The second kappa shape index (κ2) is 7.25. The van der Waals surface area contributed by atoms with Gasteiger partial charge in [-0.05, 0) is 50.1 Å². The topological polar surface area (TPSA) is 49.5 Å². The van der Waals surface area contributed by atoms with Crippen LogP contribution in [-0.4, -0.2) is 42.8 Å². The van der Waals surface area contributed by atoms with Crippen molar-refractivity contribution in [1.29, 1.82) is 0 Å². The maximum atomic E-state index is 8.98. The van der Waals surface area contributed by atoms with Crippen LogP contribution in [0.5, 0.6) is 0 Å². The zero-order valence-electron chi connectivity index (χ0n) is 10.9. The van der Waals surface area contributed by atoms with Crippen LogP contribution in [0.1, 0.15) is 33.1 Å². The van der Waals surface area contributed by atoms with Crippen LogP contribution >= 0.6 is 0 Å². The summed E-state index contributed by atoms with van der Waals surface area (Å²) in [6.07, 6.45) is 3.53. The van der Waals surface area contributed by atoms with E-state index in [1.165, 1.54) is 19.4 Å². The van der Waals surface area contributed by atoms with Crippen molar-refractivity contribution in [2.24, 2.45) is 23.5 Å². The Morgan fingerprint density at radius 3 is 2.75 bits per heavy atom. The van der Waals surface area contributed by atoms with Gasteiger partial charge in [-0.2, -0.15) is 0 Å². The predicted octanol–water partition coefficient (Wildman–Crippen LogP) is 1.31. The van der Waals surface area contributed by atoms with Crippen molar-refractivity contribution in [3.63, 3.8) is 0 Å². The van der Waals surface area contributed by atoms with Crippen molar-refractivity contribution in [3.8, 4) is 0 Å². The van der Waals surface area contributed by atoms with Crippen LogP contribution in [0, 0.1) is 17.8 Å². The van der Waals surface area contributed by atoms with E-state index in [2.05, 4.69) is 18.7 Å². The molecule has 3 nitrogen and oxygen atoms in total. The summed E-state index contributed by atoms with van der Waals surface area (Å²) in [5.41, 5.74) is 5.82. The van der Waals surface area contributed by atoms with E-state index in [1.807, 2.05) is 0 Å². The largest absolute Gasteiger partial charge is 0.396 e. The fourth-order valence-electron chi connectivity index (χ4n) is 2.62. The molecule has 1 heterocycles. The minimum Gasteiger partial charge on any atom is -0.396 e. The highest BCUT2D eigenvalue weighted by Gasteiger charge is 2.22. The van der Waals surface area contributed by atoms with E-state index in [4.69, 9.17) is 10.8 Å². The zero-order chi connectivity index (χ0) is 12.0. The van der Waals surface area contributed by atoms with Crippen LogP contribution < -0.4 is 5.73 Å². The van der Waals surface area contributed by atoms with Gasteiger partial charge in [0.25, 0.3) is 0 Å². The third-order valence-electron chi connectivity index (χ3n) is 3.88. The Hall–Kier alpha value is -0.120. The fraction of sp³-hybridized carbons (Fsp3) is 1.00. The Kier molecular flexibility index (Phi) is 6.32. The summed E-state index contributed by atoms with van der Waals surface area (Å²) >= 11 is 0. The van der Waals surface area contributed by atoms with E-state index in [0.29, 0.717) is 24.4 Å². The summed E-state index contributed by atoms with van der Waals surface area (Å²) in [5.74, 6) is 1.99. The lowest BCUT2D eigenvalue weighted by Gasteiger charge is -2.35. The van der Waals surface area contributed by atoms with E-state index >= 15 is 0 Å². The average molecular weight is 228 g/mol. The summed E-state index contributed by atoms with van der Waals surface area (Å²) in [6, 6.07) is 0. The van der Waals surface area contributed by atoms with Crippen LogP contribution in [-0.2, 0) is 0 Å². The Balaban J connectivity index is 2.35. The van der Waals surface area contributed by atoms with Gasteiger partial charge in [0.15, 0.2) is 0 Å². The first-order valence-electron chi connectivity index (χ1n) is 6.70. The lowest BCUT2D eigenvalue weighted by atomic mass is 9.91. The Morgan fingerprint density at radius 1 is 1.44 bits per heavy atom. The number of rotatable bonds is 6. The number of hydrogen-bond donors (Lipinski definition) is 2. The van der Waals surface area contributed by atoms with Crippen molar-refractivity contribution in [3.05, 3.63) is 0 Å². The molecular formula is C13H28N2O. The third-order valence-corrected chi connectivity index (χ3v) is 3.88. The lowest BCUT2D eigenvalue weighted by molar-refractivity contribution is 0.122. The summed E-state index contributed by atoms with van der Waals surface area (Å²) in [7, 11) is 0. The molecule has 0 bridgehead atoms. The Bertz CT molecular complexity index is 183. The van der Waals surface area contributed by atoms with E-state index in [-0.39, 0.29) is 0 Å². The second-order valence-electron chi connectivity index (χ2n) is 5.52. The van der Waals surface area contributed by atoms with Gasteiger partial charge >= 0.3 is 0 Å². The number of nitrogens with zero attached hydrogens (tertiary/aromatic N) is 1. The van der Waals surface area contributed by atoms with Crippen molar-refractivity contribution in [2.45, 2.75) is 33.1 Å². The highest BCUT2D eigenvalue weighted by molar-refractivity contribution is 4.76. The molecule has 2 atom stereocenters. The molecule has 0 aromatic rings. The zero-order valence-corrected chi connectivity index (χ0v) is 10.9. The van der Waals surface area contributed by atoms with Crippen LogP contribution in [0.2, 0.25) is 0 Å². The van der Waals surface area contributed by atoms with Gasteiger partial charge in [0.2, 0.25) is 0 Å². The van der Waals surface area contributed by atoms with Gasteiger partial charge in [-0.3, -0.25) is 0 Å². The predicted molar refractivity (Wildman–Crippen MR) is 68.2 cm³/mol. The minimum absolute atomic E-state index is 0.336. The van der Waals surface area contributed by atoms with Crippen LogP contribution in [0.3, 0.4) is 0 Å². The molecule has 0 radical (unpaired) electrons. The molecule has 16 heavy (non-hydrogen) atoms. The van der Waals surface area contributed by atoms with E-state index in [9.17, 15) is 0 Å². The highest BCUT2D eigenvalue weighted by Crippen LogP contribution is 2.21. The van der Waals surface area contributed by atoms with Crippen LogP contribution in [0.15, 0.2) is 0 Å². The fourth-order valence-corrected chi connectivity index (χ4v) is 2.62. The normalized spacial score (nSPS) is 24.9. The molecule has 0 amide bonds. The van der Waals surface area contributed by atoms with E-state index in [1.54, 1.807) is 0 Å². The first-order valence-corrected chi connectivity index (χ1v) is 6.70. The highest BCUT2D eigenvalue weighted by atomic mass is 16.3. The number of aliphatic hydroxyl groups is 1. The van der Waals surface area contributed by atoms with Gasteiger partial charge in [0, 0.05) is 19.7 Å². The molecule has 0 spiro atoms. The average Bonchev–Trinajstić information content (AvgIpc) is 2.26. The second-order valence-corrected chi connectivity index (χ2v) is 5.52. The minimum atomic E-state index is 0.336. The van der Waals surface area contributed by atoms with Gasteiger partial charge in [0.05, 0.1) is 0 Å². The monoisotopic (exact) mass is 228 g/mol. The number of aliphatic hydroxyl groups excluding tert-OH is 1. The number of piperidine rings is 1. The lowest BCUT2D eigenvalue weighted by Crippen LogP contribution is -2.41. The van der Waals surface area contributed by atoms with E-state index < -0.39 is 0 Å². The summed E-state index contributed by atoms with van der Waals surface area (Å²) < 4.78 is 0. The third kappa shape index (κ3) is 4.40. The molecule has 0 aromatic carbocycles. The molecule has 1 saturated heterocycles. The molecule has 96 valence electrons. The first-order chi connectivity index (χ1) is 7.67. The maximum absolute atomic E-state index is 8.98. The number of nitrogens with two attached hydrogens (primary N) is 1. The molecule has 0 aromatic heterocycles. The molecule has 1 aliphatic heterocycles. The molecule has 2 unspecified atom stereocenters. The molecule has 1 rings (SSSR count). The summed E-state index contributed by atoms with van der Waals surface area (Å²) in [5, 5.41) is 8.98. The number of hydrogen-bond acceptors (Lipinski definition) is 3. The molecule has 3 N–H and O–H groups in total. The Labute approximate surface area is 100 Å². The molecule has 3 heteroatoms. The maximum Gasteiger partial charge on any atom is 0.0434 e. The SMILES string of the molecule is CC(C)C(CN)CN1CCCC(CCO)C1. The first kappa shape index (κ1) is 13.9. The standard InChI is InChI=1S/C13H28N2O/c1-11(2)13(8-14)10-15-6-3-4-12(9-15)5-7-16/h11-13,16H,3-10,14H2,1-2H3. The Morgan fingerprint density at radius 2 is 2.19 bits per heavy atom. The van der Waals surface area contributed by atoms with Crippen molar-refractivity contribution < 1.29 is 5.11 Å². The van der Waals surface area contributed by atoms with Gasteiger partial charge in [-0.1, -0.05) is 13.8 Å². The van der Waals surface area contributed by atoms with E-state index in [0.717, 1.165) is 26.1 Å². The van der Waals surface area contributed by atoms with Crippen molar-refractivity contribution in [1.82, 2.24) is 4.90 Å². The number of likely N-dealkylation sites (tertiary alicyclic amines) is 1. The molecule has 0 saturated carbocycles. The van der Waals surface area contributed by atoms with Crippen LogP contribution in [0.25, 0.3) is 0 Å². The van der Waals surface area contributed by atoms with Crippen LogP contribution in [0.4, 0.5) is 0 Å². The molecule has 1 aliphatic rings. The molecule has 0 aliphatic carbocycles. The van der Waals surface area contributed by atoms with Gasteiger partial charge < -0.3 is 15.7 Å². The van der Waals surface area contributed by atoms with Crippen molar-refractivity contribution >= 4 is 0 Å². The van der Waals surface area contributed by atoms with Gasteiger partial charge in [-0.15, -0.1) is 0 Å². The molecular weight excluding hydrogens is 200 g/mol. The summed E-state index contributed by atoms with van der Waals surface area (Å²) in [4.78, 5) is 2.54. The van der Waals surface area contributed by atoms with Gasteiger partial charge in [-0.25, -0.2) is 0 Å². The molecule has 1 fully saturated rings.